The minimum Gasteiger partial charge on any atom is -0.368 e. The third-order valence-corrected chi connectivity index (χ3v) is 3.62. The Hall–Kier alpha value is -2.42. The number of hydrogen-bond donors (Lipinski definition) is 1. The van der Waals surface area contributed by atoms with Crippen molar-refractivity contribution in [3.05, 3.63) is 34.6 Å². The maximum Gasteiger partial charge on any atom is 0.228 e. The molecule has 1 aliphatic rings. The molecule has 0 aromatic carbocycles. The number of pyridine rings is 1. The fourth-order valence-electron chi connectivity index (χ4n) is 2.58. The quantitative estimate of drug-likeness (QED) is 0.925. The molecule has 0 unspecified atom stereocenters. The first-order valence-electron chi connectivity index (χ1n) is 7.22. The summed E-state index contributed by atoms with van der Waals surface area (Å²) in [4.78, 5) is 8.77. The van der Waals surface area contributed by atoms with Crippen molar-refractivity contribution in [2.45, 2.75) is 39.0 Å². The van der Waals surface area contributed by atoms with E-state index in [0.29, 0.717) is 36.1 Å². The van der Waals surface area contributed by atoms with Crippen molar-refractivity contribution in [2.75, 3.05) is 11.9 Å². The van der Waals surface area contributed by atoms with Gasteiger partial charge < -0.3 is 9.84 Å². The largest absolute Gasteiger partial charge is 0.368 e. The Bertz CT molecular complexity index is 686. The zero-order valence-corrected chi connectivity index (χ0v) is 12.0. The number of fused-ring (bicyclic) bond motifs is 1. The first kappa shape index (κ1) is 13.6. The molecular weight excluding hydrogens is 266 g/mol. The van der Waals surface area contributed by atoms with E-state index in [0.717, 1.165) is 18.5 Å². The van der Waals surface area contributed by atoms with Crippen LogP contribution >= 0.6 is 0 Å². The lowest BCUT2D eigenvalue weighted by Gasteiger charge is -2.17. The number of aryl methyl sites for hydroxylation is 3. The van der Waals surface area contributed by atoms with Gasteiger partial charge in [0.1, 0.15) is 11.9 Å². The van der Waals surface area contributed by atoms with Crippen LogP contribution in [-0.2, 0) is 19.3 Å². The Morgan fingerprint density at radius 2 is 2.19 bits per heavy atom. The Balaban J connectivity index is 1.71. The Morgan fingerprint density at radius 1 is 1.33 bits per heavy atom. The molecule has 0 atom stereocenters. The molecule has 108 valence electrons. The maximum absolute atomic E-state index is 9.27. The van der Waals surface area contributed by atoms with Crippen LogP contribution in [-0.4, -0.2) is 21.7 Å². The summed E-state index contributed by atoms with van der Waals surface area (Å²) in [5.41, 5.74) is 2.95. The van der Waals surface area contributed by atoms with Gasteiger partial charge in [-0.3, -0.25) is 0 Å². The van der Waals surface area contributed by atoms with E-state index in [9.17, 15) is 5.26 Å². The van der Waals surface area contributed by atoms with E-state index in [1.165, 1.54) is 18.4 Å². The molecule has 2 aromatic heterocycles. The minimum absolute atomic E-state index is 0.594. The van der Waals surface area contributed by atoms with Crippen LogP contribution in [0, 0.1) is 18.3 Å². The van der Waals surface area contributed by atoms with Crippen LogP contribution in [0.15, 0.2) is 10.6 Å². The predicted octanol–water partition coefficient (Wildman–Crippen LogP) is 2.18. The van der Waals surface area contributed by atoms with Crippen molar-refractivity contribution in [1.82, 2.24) is 15.1 Å². The molecule has 0 fully saturated rings. The van der Waals surface area contributed by atoms with E-state index < -0.39 is 0 Å². The lowest BCUT2D eigenvalue weighted by atomic mass is 9.95. The van der Waals surface area contributed by atoms with E-state index in [1.54, 1.807) is 6.92 Å². The average molecular weight is 283 g/mol. The lowest BCUT2D eigenvalue weighted by molar-refractivity contribution is 0.377. The highest BCUT2D eigenvalue weighted by Gasteiger charge is 2.15. The monoisotopic (exact) mass is 283 g/mol. The summed E-state index contributed by atoms with van der Waals surface area (Å²) in [7, 11) is 0. The van der Waals surface area contributed by atoms with Gasteiger partial charge in [0.05, 0.1) is 5.56 Å². The fraction of sp³-hybridized carbons (Fsp3) is 0.467. The summed E-state index contributed by atoms with van der Waals surface area (Å²) in [5, 5.41) is 16.2. The molecule has 2 heterocycles. The molecule has 1 aliphatic carbocycles. The second-order valence-electron chi connectivity index (χ2n) is 5.22. The number of aromatic nitrogens is 3. The van der Waals surface area contributed by atoms with Crippen molar-refractivity contribution in [1.29, 1.82) is 5.26 Å². The number of nitrogens with zero attached hydrogens (tertiary/aromatic N) is 4. The van der Waals surface area contributed by atoms with Crippen molar-refractivity contribution in [3.63, 3.8) is 0 Å². The molecule has 0 bridgehead atoms. The SMILES string of the molecule is Cc1noc(CCNc2nc3c(cc2C#N)CCCC3)n1. The molecule has 6 nitrogen and oxygen atoms in total. The summed E-state index contributed by atoms with van der Waals surface area (Å²) < 4.78 is 5.06. The van der Waals surface area contributed by atoms with Crippen LogP contribution in [0.3, 0.4) is 0 Å². The average Bonchev–Trinajstić information content (AvgIpc) is 2.92. The molecule has 0 saturated carbocycles. The molecule has 0 saturated heterocycles. The topological polar surface area (TPSA) is 87.6 Å². The molecule has 1 N–H and O–H groups in total. The highest BCUT2D eigenvalue weighted by Crippen LogP contribution is 2.24. The van der Waals surface area contributed by atoms with E-state index in [-0.39, 0.29) is 0 Å². The van der Waals surface area contributed by atoms with Crippen LogP contribution in [0.2, 0.25) is 0 Å². The molecule has 0 aliphatic heterocycles. The molecule has 0 radical (unpaired) electrons. The smallest absolute Gasteiger partial charge is 0.228 e. The normalized spacial score (nSPS) is 13.5. The summed E-state index contributed by atoms with van der Waals surface area (Å²) in [5.74, 6) is 1.89. The van der Waals surface area contributed by atoms with Gasteiger partial charge in [0.2, 0.25) is 5.89 Å². The highest BCUT2D eigenvalue weighted by atomic mass is 16.5. The summed E-state index contributed by atoms with van der Waals surface area (Å²) in [6.45, 7) is 2.40. The van der Waals surface area contributed by atoms with Gasteiger partial charge in [-0.1, -0.05) is 5.16 Å². The molecule has 21 heavy (non-hydrogen) atoms. The molecule has 2 aromatic rings. The second kappa shape index (κ2) is 5.92. The molecule has 6 heteroatoms. The van der Waals surface area contributed by atoms with Gasteiger partial charge in [-0.05, 0) is 44.2 Å². The van der Waals surface area contributed by atoms with Gasteiger partial charge >= 0.3 is 0 Å². The van der Waals surface area contributed by atoms with Crippen molar-refractivity contribution >= 4 is 5.82 Å². The van der Waals surface area contributed by atoms with Gasteiger partial charge in [-0.25, -0.2) is 4.98 Å². The predicted molar refractivity (Wildman–Crippen MR) is 76.8 cm³/mol. The van der Waals surface area contributed by atoms with E-state index >= 15 is 0 Å². The molecule has 3 rings (SSSR count). The first-order valence-corrected chi connectivity index (χ1v) is 7.22. The number of hydrogen-bond acceptors (Lipinski definition) is 6. The zero-order chi connectivity index (χ0) is 14.7. The van der Waals surface area contributed by atoms with Gasteiger partial charge in [0, 0.05) is 18.7 Å². The number of anilines is 1. The number of nitrogens with one attached hydrogen (secondary N) is 1. The van der Waals surface area contributed by atoms with E-state index in [4.69, 9.17) is 4.52 Å². The summed E-state index contributed by atoms with van der Waals surface area (Å²) in [6, 6.07) is 4.19. The van der Waals surface area contributed by atoms with Gasteiger partial charge in [-0.2, -0.15) is 10.2 Å². The van der Waals surface area contributed by atoms with Gasteiger partial charge in [-0.15, -0.1) is 0 Å². The maximum atomic E-state index is 9.27. The standard InChI is InChI=1S/C15H17N5O/c1-10-18-14(21-20-10)6-7-17-15-12(9-16)8-11-4-2-3-5-13(11)19-15/h8H,2-7H2,1H3,(H,17,19). The van der Waals surface area contributed by atoms with Crippen LogP contribution in [0.5, 0.6) is 0 Å². The Kier molecular flexibility index (Phi) is 3.82. The number of rotatable bonds is 4. The second-order valence-corrected chi connectivity index (χ2v) is 5.22. The van der Waals surface area contributed by atoms with Crippen molar-refractivity contribution in [3.8, 4) is 6.07 Å². The third-order valence-electron chi connectivity index (χ3n) is 3.62. The van der Waals surface area contributed by atoms with Crippen molar-refractivity contribution < 1.29 is 4.52 Å². The fourth-order valence-corrected chi connectivity index (χ4v) is 2.58. The van der Waals surface area contributed by atoms with E-state index in [2.05, 4.69) is 26.5 Å². The molecular formula is C15H17N5O. The van der Waals surface area contributed by atoms with Gasteiger partial charge in [0.15, 0.2) is 5.82 Å². The summed E-state index contributed by atoms with van der Waals surface area (Å²) in [6.07, 6.45) is 5.00. The van der Waals surface area contributed by atoms with Crippen LogP contribution in [0.1, 0.15) is 41.4 Å². The Labute approximate surface area is 123 Å². The van der Waals surface area contributed by atoms with E-state index in [1.807, 2.05) is 6.07 Å². The van der Waals surface area contributed by atoms with Crippen LogP contribution < -0.4 is 5.32 Å². The minimum atomic E-state index is 0.594. The highest BCUT2D eigenvalue weighted by molar-refractivity contribution is 5.54. The zero-order valence-electron chi connectivity index (χ0n) is 12.0. The first-order chi connectivity index (χ1) is 10.3. The molecule has 0 amide bonds. The lowest BCUT2D eigenvalue weighted by Crippen LogP contribution is -2.12. The third kappa shape index (κ3) is 3.02. The Morgan fingerprint density at radius 3 is 2.95 bits per heavy atom. The molecule has 0 spiro atoms. The van der Waals surface area contributed by atoms with Crippen LogP contribution in [0.25, 0.3) is 0 Å². The number of nitriles is 1. The van der Waals surface area contributed by atoms with Gasteiger partial charge in [0.25, 0.3) is 0 Å². The van der Waals surface area contributed by atoms with Crippen molar-refractivity contribution in [2.24, 2.45) is 0 Å². The summed E-state index contributed by atoms with van der Waals surface area (Å²) >= 11 is 0. The van der Waals surface area contributed by atoms with Crippen LogP contribution in [0.4, 0.5) is 5.82 Å².